The van der Waals surface area contributed by atoms with Gasteiger partial charge in [-0.1, -0.05) is 61.9 Å². The third-order valence-electron chi connectivity index (χ3n) is 6.49. The Morgan fingerprint density at radius 3 is 2.21 bits per heavy atom. The minimum Gasteiger partial charge on any atom is -0.481 e. The first-order chi connectivity index (χ1) is 15.9. The van der Waals surface area contributed by atoms with Crippen molar-refractivity contribution in [2.75, 3.05) is 6.61 Å². The summed E-state index contributed by atoms with van der Waals surface area (Å²) in [5.74, 6) is -1.20. The summed E-state index contributed by atoms with van der Waals surface area (Å²) in [6.45, 7) is 2.17. The largest absolute Gasteiger partial charge is 0.481 e. The van der Waals surface area contributed by atoms with Gasteiger partial charge in [-0.3, -0.25) is 9.59 Å². The first-order valence-corrected chi connectivity index (χ1v) is 11.5. The molecule has 1 fully saturated rings. The summed E-state index contributed by atoms with van der Waals surface area (Å²) in [6, 6.07) is 15.9. The average Bonchev–Trinajstić information content (AvgIpc) is 3.44. The maximum absolute atomic E-state index is 12.6. The molecule has 0 aromatic heterocycles. The summed E-state index contributed by atoms with van der Waals surface area (Å²) >= 11 is 0. The van der Waals surface area contributed by atoms with Gasteiger partial charge in [0.15, 0.2) is 0 Å². The van der Waals surface area contributed by atoms with E-state index in [2.05, 4.69) is 34.9 Å². The van der Waals surface area contributed by atoms with Gasteiger partial charge in [0, 0.05) is 18.4 Å². The molecule has 0 unspecified atom stereocenters. The molecule has 3 N–H and O–H groups in total. The molecule has 4 rings (SSSR count). The van der Waals surface area contributed by atoms with Gasteiger partial charge < -0.3 is 20.5 Å². The van der Waals surface area contributed by atoms with Gasteiger partial charge >= 0.3 is 12.1 Å². The summed E-state index contributed by atoms with van der Waals surface area (Å²) in [4.78, 5) is 36.1. The molecule has 2 aromatic carbocycles. The number of carboxylic acids is 1. The van der Waals surface area contributed by atoms with Crippen LogP contribution in [0.25, 0.3) is 11.1 Å². The van der Waals surface area contributed by atoms with Crippen LogP contribution in [0.2, 0.25) is 0 Å². The summed E-state index contributed by atoms with van der Waals surface area (Å²) in [7, 11) is 0. The minimum absolute atomic E-state index is 0.0209. The number of rotatable bonds is 10. The monoisotopic (exact) mass is 450 g/mol. The van der Waals surface area contributed by atoms with Crippen molar-refractivity contribution in [3.8, 4) is 11.1 Å². The third-order valence-corrected chi connectivity index (χ3v) is 6.49. The van der Waals surface area contributed by atoms with Crippen LogP contribution in [-0.4, -0.2) is 41.3 Å². The van der Waals surface area contributed by atoms with Crippen molar-refractivity contribution in [1.82, 2.24) is 10.6 Å². The van der Waals surface area contributed by atoms with Crippen molar-refractivity contribution < 1.29 is 24.2 Å². The van der Waals surface area contributed by atoms with Crippen molar-refractivity contribution >= 4 is 18.0 Å². The van der Waals surface area contributed by atoms with E-state index in [0.717, 1.165) is 17.5 Å². The summed E-state index contributed by atoms with van der Waals surface area (Å²) in [6.07, 6.45) is 2.26. The highest BCUT2D eigenvalue weighted by molar-refractivity contribution is 5.81. The van der Waals surface area contributed by atoms with E-state index in [-0.39, 0.29) is 31.3 Å². The number of benzene rings is 2. The van der Waals surface area contributed by atoms with Crippen molar-refractivity contribution in [2.45, 2.75) is 62.9 Å². The lowest BCUT2D eigenvalue weighted by Crippen LogP contribution is -2.44. The number of hydrogen-bond acceptors (Lipinski definition) is 4. The smallest absolute Gasteiger partial charge is 0.407 e. The van der Waals surface area contributed by atoms with E-state index in [1.165, 1.54) is 11.1 Å². The predicted molar refractivity (Wildman–Crippen MR) is 124 cm³/mol. The molecule has 33 heavy (non-hydrogen) atoms. The van der Waals surface area contributed by atoms with E-state index >= 15 is 0 Å². The Labute approximate surface area is 193 Å². The fourth-order valence-corrected chi connectivity index (χ4v) is 4.72. The maximum atomic E-state index is 12.6. The second kappa shape index (κ2) is 9.65. The number of nitrogens with one attached hydrogen (secondary N) is 2. The highest BCUT2D eigenvalue weighted by Crippen LogP contribution is 2.44. The van der Waals surface area contributed by atoms with Gasteiger partial charge in [0.25, 0.3) is 0 Å². The number of alkyl carbamates (subject to hydrolysis) is 1. The number of carboxylic acid groups (broad SMARTS) is 1. The Bertz CT molecular complexity index is 1000. The van der Waals surface area contributed by atoms with Crippen LogP contribution in [0.1, 0.15) is 62.5 Å². The quantitative estimate of drug-likeness (QED) is 0.503. The van der Waals surface area contributed by atoms with Crippen LogP contribution in [0.3, 0.4) is 0 Å². The van der Waals surface area contributed by atoms with E-state index in [1.54, 1.807) is 0 Å². The van der Waals surface area contributed by atoms with Crippen LogP contribution >= 0.6 is 0 Å². The fourth-order valence-electron chi connectivity index (χ4n) is 4.72. The Kier molecular flexibility index (Phi) is 6.67. The van der Waals surface area contributed by atoms with Gasteiger partial charge in [-0.2, -0.15) is 0 Å². The Morgan fingerprint density at radius 2 is 1.67 bits per heavy atom. The van der Waals surface area contributed by atoms with Gasteiger partial charge in [0.05, 0.1) is 12.0 Å². The Morgan fingerprint density at radius 1 is 1.06 bits per heavy atom. The molecule has 2 aliphatic carbocycles. The fraction of sp³-hybridized carbons (Fsp3) is 0.423. The van der Waals surface area contributed by atoms with Crippen molar-refractivity contribution in [3.05, 3.63) is 59.7 Å². The number of hydrogen-bond donors (Lipinski definition) is 3. The molecule has 2 amide bonds. The van der Waals surface area contributed by atoms with E-state index in [9.17, 15) is 14.4 Å². The van der Waals surface area contributed by atoms with E-state index in [0.29, 0.717) is 19.3 Å². The molecule has 174 valence electrons. The van der Waals surface area contributed by atoms with Gasteiger partial charge in [0.1, 0.15) is 6.61 Å². The molecule has 0 saturated heterocycles. The summed E-state index contributed by atoms with van der Waals surface area (Å²) in [5, 5.41) is 14.7. The Hall–Kier alpha value is -3.35. The van der Waals surface area contributed by atoms with Crippen molar-refractivity contribution in [2.24, 2.45) is 0 Å². The van der Waals surface area contributed by atoms with E-state index in [4.69, 9.17) is 9.84 Å². The number of aliphatic carboxylic acids is 1. The van der Waals surface area contributed by atoms with Crippen molar-refractivity contribution in [3.63, 3.8) is 0 Å². The molecule has 0 heterocycles. The van der Waals surface area contributed by atoms with Crippen LogP contribution in [0.5, 0.6) is 0 Å². The minimum atomic E-state index is -0.938. The molecule has 1 saturated carbocycles. The number of amides is 2. The number of ether oxygens (including phenoxy) is 1. The second-order valence-electron chi connectivity index (χ2n) is 9.06. The molecule has 0 spiro atoms. The van der Waals surface area contributed by atoms with E-state index < -0.39 is 23.6 Å². The summed E-state index contributed by atoms with van der Waals surface area (Å²) in [5.41, 5.74) is 4.02. The van der Waals surface area contributed by atoms with Crippen LogP contribution in [0.15, 0.2) is 48.5 Å². The second-order valence-corrected chi connectivity index (χ2v) is 9.06. The van der Waals surface area contributed by atoms with E-state index in [1.807, 2.05) is 31.2 Å². The number of carbonyl (C=O) groups excluding carboxylic acids is 2. The normalized spacial score (nSPS) is 16.3. The first kappa shape index (κ1) is 22.8. The summed E-state index contributed by atoms with van der Waals surface area (Å²) < 4.78 is 5.61. The van der Waals surface area contributed by atoms with Crippen LogP contribution in [-0.2, 0) is 14.3 Å². The van der Waals surface area contributed by atoms with Gasteiger partial charge in [-0.25, -0.2) is 4.79 Å². The highest BCUT2D eigenvalue weighted by Gasteiger charge is 2.46. The zero-order valence-corrected chi connectivity index (χ0v) is 18.8. The zero-order chi connectivity index (χ0) is 23.4. The van der Waals surface area contributed by atoms with Crippen LogP contribution < -0.4 is 10.6 Å². The van der Waals surface area contributed by atoms with Gasteiger partial charge in [-0.05, 0) is 41.5 Å². The average molecular weight is 451 g/mol. The van der Waals surface area contributed by atoms with Crippen molar-refractivity contribution in [1.29, 1.82) is 0 Å². The first-order valence-electron chi connectivity index (χ1n) is 11.5. The molecule has 7 heteroatoms. The molecule has 2 aromatic rings. The Balaban J connectivity index is 1.32. The lowest BCUT2D eigenvalue weighted by molar-refractivity contribution is -0.137. The highest BCUT2D eigenvalue weighted by atomic mass is 16.5. The predicted octanol–water partition coefficient (Wildman–Crippen LogP) is 4.21. The lowest BCUT2D eigenvalue weighted by atomic mass is 9.98. The topological polar surface area (TPSA) is 105 Å². The van der Waals surface area contributed by atoms with Crippen LogP contribution in [0.4, 0.5) is 4.79 Å². The third kappa shape index (κ3) is 5.35. The molecule has 7 nitrogen and oxygen atoms in total. The van der Waals surface area contributed by atoms with Crippen LogP contribution in [0, 0.1) is 0 Å². The van der Waals surface area contributed by atoms with Gasteiger partial charge in [0.2, 0.25) is 5.91 Å². The zero-order valence-electron chi connectivity index (χ0n) is 18.8. The standard InChI is InChI=1S/C26H30N2O5/c1-2-7-17(14-24(30)31)27-23(29)15-26(12-13-26)28-25(32)33-16-22-20-10-5-3-8-18(20)19-9-4-6-11-21(19)22/h3-6,8-11,17,22H,2,7,12-16H2,1H3,(H,27,29)(H,28,32)(H,30,31)/t17-/m0/s1. The molecule has 1 atom stereocenters. The molecule has 0 bridgehead atoms. The number of fused-ring (bicyclic) bond motifs is 3. The maximum Gasteiger partial charge on any atom is 0.407 e. The molecule has 0 aliphatic heterocycles. The lowest BCUT2D eigenvalue weighted by Gasteiger charge is -2.21. The SMILES string of the molecule is CCC[C@@H](CC(=O)O)NC(=O)CC1(NC(=O)OCC2c3ccccc3-c3ccccc32)CC1. The number of carbonyl (C=O) groups is 3. The molecular formula is C26H30N2O5. The molecule has 0 radical (unpaired) electrons. The van der Waals surface area contributed by atoms with Gasteiger partial charge in [-0.15, -0.1) is 0 Å². The molecule has 2 aliphatic rings. The molecular weight excluding hydrogens is 420 g/mol.